The van der Waals surface area contributed by atoms with E-state index < -0.39 is 28.5 Å². The van der Waals surface area contributed by atoms with E-state index in [1.165, 1.54) is 28.6 Å². The van der Waals surface area contributed by atoms with E-state index in [0.29, 0.717) is 5.69 Å². The van der Waals surface area contributed by atoms with Gasteiger partial charge in [0.15, 0.2) is 6.61 Å². The van der Waals surface area contributed by atoms with Crippen molar-refractivity contribution in [3.8, 4) is 0 Å². The smallest absolute Gasteiger partial charge is 0.338 e. The van der Waals surface area contributed by atoms with E-state index in [-0.39, 0.29) is 35.8 Å². The molecule has 0 saturated carbocycles. The number of rotatable bonds is 7. The van der Waals surface area contributed by atoms with E-state index in [1.807, 2.05) is 39.0 Å². The van der Waals surface area contributed by atoms with Crippen molar-refractivity contribution in [1.29, 1.82) is 0 Å². The number of hydrogen-bond donors (Lipinski definition) is 1. The van der Waals surface area contributed by atoms with E-state index in [2.05, 4.69) is 5.32 Å². The highest BCUT2D eigenvalue weighted by Crippen LogP contribution is 2.22. The highest BCUT2D eigenvalue weighted by Gasteiger charge is 2.32. The van der Waals surface area contributed by atoms with E-state index in [9.17, 15) is 18.0 Å². The summed E-state index contributed by atoms with van der Waals surface area (Å²) in [7, 11) is -3.80. The third-order valence-electron chi connectivity index (χ3n) is 5.10. The molecule has 2 unspecified atom stereocenters. The number of carbonyl (C=O) groups excluding carboxylic acids is 2. The largest absolute Gasteiger partial charge is 0.452 e. The molecular formula is C23H28N2O6S. The van der Waals surface area contributed by atoms with Gasteiger partial charge >= 0.3 is 5.97 Å². The van der Waals surface area contributed by atoms with Crippen molar-refractivity contribution in [3.63, 3.8) is 0 Å². The van der Waals surface area contributed by atoms with Crippen LogP contribution < -0.4 is 5.32 Å². The fourth-order valence-corrected chi connectivity index (χ4v) is 5.25. The number of hydrogen-bond acceptors (Lipinski definition) is 6. The molecule has 3 rings (SSSR count). The number of benzene rings is 2. The number of sulfonamides is 1. The van der Waals surface area contributed by atoms with Crippen molar-refractivity contribution in [2.75, 3.05) is 25.0 Å². The van der Waals surface area contributed by atoms with Crippen LogP contribution in [0.25, 0.3) is 0 Å². The van der Waals surface area contributed by atoms with Gasteiger partial charge < -0.3 is 14.8 Å². The molecule has 0 spiro atoms. The summed E-state index contributed by atoms with van der Waals surface area (Å²) in [6.45, 7) is 5.60. The number of esters is 1. The molecule has 32 heavy (non-hydrogen) atoms. The maximum atomic E-state index is 13.0. The Kier molecular flexibility index (Phi) is 7.65. The van der Waals surface area contributed by atoms with Gasteiger partial charge in [-0.15, -0.1) is 0 Å². The lowest BCUT2D eigenvalue weighted by Gasteiger charge is -2.34. The van der Waals surface area contributed by atoms with Crippen LogP contribution in [0.15, 0.2) is 53.4 Å². The lowest BCUT2D eigenvalue weighted by molar-refractivity contribution is -0.119. The summed E-state index contributed by atoms with van der Waals surface area (Å²) in [5, 5.41) is 2.72. The number of morpholine rings is 1. The highest BCUT2D eigenvalue weighted by molar-refractivity contribution is 7.89. The van der Waals surface area contributed by atoms with Gasteiger partial charge in [-0.05, 0) is 50.1 Å². The first-order valence-corrected chi connectivity index (χ1v) is 11.9. The second-order valence-corrected chi connectivity index (χ2v) is 9.68. The number of ether oxygens (including phenoxy) is 2. The standard InChI is InChI=1S/C23H28N2O6S/c1-4-18-8-5-6-11-21(18)24-22(26)15-30-23(27)19-9-7-10-20(12-19)32(28,29)25-13-16(2)31-17(3)14-25/h5-12,16-17H,4,13-15H2,1-3H3,(H,24,26). The van der Waals surface area contributed by atoms with Gasteiger partial charge in [-0.1, -0.05) is 31.2 Å². The Balaban J connectivity index is 1.65. The second-order valence-electron chi connectivity index (χ2n) is 7.74. The molecule has 9 heteroatoms. The van der Waals surface area contributed by atoms with Crippen molar-refractivity contribution in [2.24, 2.45) is 0 Å². The fraction of sp³-hybridized carbons (Fsp3) is 0.391. The van der Waals surface area contributed by atoms with Crippen molar-refractivity contribution < 1.29 is 27.5 Å². The van der Waals surface area contributed by atoms with Gasteiger partial charge in [0.1, 0.15) is 0 Å². The number of anilines is 1. The average molecular weight is 461 g/mol. The molecule has 172 valence electrons. The minimum atomic E-state index is -3.80. The van der Waals surface area contributed by atoms with Gasteiger partial charge in [0.2, 0.25) is 10.0 Å². The first-order valence-electron chi connectivity index (χ1n) is 10.5. The van der Waals surface area contributed by atoms with Gasteiger partial charge in [-0.25, -0.2) is 13.2 Å². The first kappa shape index (κ1) is 23.9. The lowest BCUT2D eigenvalue weighted by Crippen LogP contribution is -2.48. The number of para-hydroxylation sites is 1. The zero-order valence-electron chi connectivity index (χ0n) is 18.4. The predicted octanol–water partition coefficient (Wildman–Crippen LogP) is 2.84. The summed E-state index contributed by atoms with van der Waals surface area (Å²) < 4.78 is 38.1. The normalized spacial score (nSPS) is 19.3. The van der Waals surface area contributed by atoms with Gasteiger partial charge in [-0.3, -0.25) is 4.79 Å². The average Bonchev–Trinajstić information content (AvgIpc) is 2.77. The number of amides is 1. The maximum absolute atomic E-state index is 13.0. The first-order chi connectivity index (χ1) is 15.2. The van der Waals surface area contributed by atoms with Crippen LogP contribution in [-0.4, -0.2) is 56.5 Å². The molecule has 2 aromatic carbocycles. The van der Waals surface area contributed by atoms with Crippen molar-refractivity contribution in [2.45, 2.75) is 44.3 Å². The summed E-state index contributed by atoms with van der Waals surface area (Å²) in [4.78, 5) is 24.7. The molecule has 1 N–H and O–H groups in total. The van der Waals surface area contributed by atoms with Crippen LogP contribution in [0.5, 0.6) is 0 Å². The van der Waals surface area contributed by atoms with E-state index in [4.69, 9.17) is 9.47 Å². The predicted molar refractivity (Wildman–Crippen MR) is 120 cm³/mol. The monoisotopic (exact) mass is 460 g/mol. The van der Waals surface area contributed by atoms with Gasteiger partial charge in [0.05, 0.1) is 22.7 Å². The van der Waals surface area contributed by atoms with Gasteiger partial charge in [0, 0.05) is 18.8 Å². The zero-order valence-corrected chi connectivity index (χ0v) is 19.2. The third kappa shape index (κ3) is 5.73. The number of nitrogens with one attached hydrogen (secondary N) is 1. The molecule has 1 amide bonds. The molecule has 8 nitrogen and oxygen atoms in total. The van der Waals surface area contributed by atoms with Crippen LogP contribution in [0, 0.1) is 0 Å². The van der Waals surface area contributed by atoms with Crippen LogP contribution in [0.4, 0.5) is 5.69 Å². The molecular weight excluding hydrogens is 432 g/mol. The summed E-state index contributed by atoms with van der Waals surface area (Å²) in [6.07, 6.45) is 0.300. The molecule has 1 saturated heterocycles. The summed E-state index contributed by atoms with van der Waals surface area (Å²) in [5.41, 5.74) is 1.69. The third-order valence-corrected chi connectivity index (χ3v) is 6.93. The SMILES string of the molecule is CCc1ccccc1NC(=O)COC(=O)c1cccc(S(=O)(=O)N2CC(C)OC(C)C2)c1. The molecule has 1 heterocycles. The molecule has 0 bridgehead atoms. The van der Waals surface area contributed by atoms with Crippen molar-refractivity contribution in [1.82, 2.24) is 4.31 Å². The summed E-state index contributed by atoms with van der Waals surface area (Å²) >= 11 is 0. The Labute approximate surface area is 188 Å². The van der Waals surface area contributed by atoms with Gasteiger partial charge in [0.25, 0.3) is 5.91 Å². The number of aryl methyl sites for hydroxylation is 1. The molecule has 0 aliphatic carbocycles. The van der Waals surface area contributed by atoms with E-state index in [1.54, 1.807) is 6.07 Å². The zero-order chi connectivity index (χ0) is 23.3. The Morgan fingerprint density at radius 1 is 1.09 bits per heavy atom. The van der Waals surface area contributed by atoms with Crippen LogP contribution >= 0.6 is 0 Å². The molecule has 1 aliphatic rings. The number of nitrogens with zero attached hydrogens (tertiary/aromatic N) is 1. The minimum absolute atomic E-state index is 0.00502. The van der Waals surface area contributed by atoms with Crippen LogP contribution in [0.3, 0.4) is 0 Å². The molecule has 1 aliphatic heterocycles. The Morgan fingerprint density at radius 3 is 2.47 bits per heavy atom. The Hall–Kier alpha value is -2.75. The highest BCUT2D eigenvalue weighted by atomic mass is 32.2. The van der Waals surface area contributed by atoms with Crippen molar-refractivity contribution in [3.05, 3.63) is 59.7 Å². The quantitative estimate of drug-likeness (QED) is 0.638. The Bertz CT molecular complexity index is 1080. The van der Waals surface area contributed by atoms with E-state index in [0.717, 1.165) is 12.0 Å². The summed E-state index contributed by atoms with van der Waals surface area (Å²) in [6, 6.07) is 13.0. The molecule has 2 aromatic rings. The van der Waals surface area contributed by atoms with E-state index >= 15 is 0 Å². The van der Waals surface area contributed by atoms with Crippen molar-refractivity contribution >= 4 is 27.6 Å². The Morgan fingerprint density at radius 2 is 1.78 bits per heavy atom. The fourth-order valence-electron chi connectivity index (χ4n) is 3.61. The minimum Gasteiger partial charge on any atom is -0.452 e. The second kappa shape index (κ2) is 10.2. The summed E-state index contributed by atoms with van der Waals surface area (Å²) in [5.74, 6) is -1.25. The number of carbonyl (C=O) groups is 2. The lowest BCUT2D eigenvalue weighted by atomic mass is 10.1. The molecule has 0 aromatic heterocycles. The van der Waals surface area contributed by atoms with Crippen LogP contribution in [0.1, 0.15) is 36.7 Å². The molecule has 1 fully saturated rings. The molecule has 0 radical (unpaired) electrons. The van der Waals surface area contributed by atoms with Gasteiger partial charge in [-0.2, -0.15) is 4.31 Å². The maximum Gasteiger partial charge on any atom is 0.338 e. The molecule has 2 atom stereocenters. The van der Waals surface area contributed by atoms with Crippen LogP contribution in [0.2, 0.25) is 0 Å². The topological polar surface area (TPSA) is 102 Å². The van der Waals surface area contributed by atoms with Crippen LogP contribution in [-0.2, 0) is 30.7 Å².